The maximum absolute atomic E-state index is 12.7. The normalized spacial score (nSPS) is 10.6. The van der Waals surface area contributed by atoms with Crippen molar-refractivity contribution in [2.24, 2.45) is 7.05 Å². The lowest BCUT2D eigenvalue weighted by atomic mass is 10.2. The lowest BCUT2D eigenvalue weighted by molar-refractivity contribution is -0.148. The first kappa shape index (κ1) is 22.0. The minimum atomic E-state index is -0.770. The number of anilines is 1. The Hall–Kier alpha value is -3.71. The van der Waals surface area contributed by atoms with Crippen molar-refractivity contribution in [1.82, 2.24) is 19.3 Å². The van der Waals surface area contributed by atoms with Crippen LogP contribution in [-0.4, -0.2) is 44.4 Å². The molecule has 0 spiro atoms. The highest BCUT2D eigenvalue weighted by Crippen LogP contribution is 2.23. The van der Waals surface area contributed by atoms with Crippen LogP contribution in [0.2, 0.25) is 5.02 Å². The molecule has 0 aliphatic rings. The maximum atomic E-state index is 12.7. The molecule has 0 N–H and O–H groups in total. The van der Waals surface area contributed by atoms with E-state index in [-0.39, 0.29) is 18.4 Å². The smallest absolute Gasteiger partial charge is 0.326 e. The second-order valence-corrected chi connectivity index (χ2v) is 7.14. The average Bonchev–Trinajstić information content (AvgIpc) is 3.12. The van der Waals surface area contributed by atoms with Gasteiger partial charge in [0.2, 0.25) is 0 Å². The van der Waals surface area contributed by atoms with E-state index in [4.69, 9.17) is 21.6 Å². The van der Waals surface area contributed by atoms with Crippen LogP contribution in [0.5, 0.6) is 0 Å². The van der Waals surface area contributed by atoms with Gasteiger partial charge in [-0.2, -0.15) is 10.4 Å². The van der Waals surface area contributed by atoms with Gasteiger partial charge in [0.25, 0.3) is 11.5 Å². The van der Waals surface area contributed by atoms with Crippen LogP contribution in [0, 0.1) is 18.3 Å². The highest BCUT2D eigenvalue weighted by molar-refractivity contribution is 6.31. The molecule has 1 aromatic carbocycles. The van der Waals surface area contributed by atoms with Crippen molar-refractivity contribution >= 4 is 40.2 Å². The van der Waals surface area contributed by atoms with E-state index in [1.165, 1.54) is 22.1 Å². The van der Waals surface area contributed by atoms with E-state index in [2.05, 4.69) is 10.1 Å². The lowest BCUT2D eigenvalue weighted by Gasteiger charge is -2.22. The summed E-state index contributed by atoms with van der Waals surface area (Å²) >= 11 is 6.04. The lowest BCUT2D eigenvalue weighted by Crippen LogP contribution is -2.36. The summed E-state index contributed by atoms with van der Waals surface area (Å²) in [7, 11) is 1.65. The molecule has 0 radical (unpaired) electrons. The molecule has 0 saturated carbocycles. The van der Waals surface area contributed by atoms with Crippen molar-refractivity contribution in [2.75, 3.05) is 18.1 Å². The Kier molecular flexibility index (Phi) is 6.67. The SMILES string of the molecule is Cc1cc(N(CCC#N)C(=O)COC(=O)Cn2cnc3c(cnn3C)c2=O)ccc1Cl. The monoisotopic (exact) mass is 442 g/mol. The number of fused-ring (bicyclic) bond motifs is 1. The first-order chi connectivity index (χ1) is 14.8. The van der Waals surface area contributed by atoms with Gasteiger partial charge in [0.05, 0.1) is 18.7 Å². The number of aryl methyl sites for hydroxylation is 2. The first-order valence-corrected chi connectivity index (χ1v) is 9.66. The Morgan fingerprint density at radius 1 is 1.35 bits per heavy atom. The van der Waals surface area contributed by atoms with Gasteiger partial charge in [-0.05, 0) is 30.7 Å². The number of esters is 1. The molecule has 0 aliphatic heterocycles. The van der Waals surface area contributed by atoms with Gasteiger partial charge in [0, 0.05) is 24.3 Å². The molecule has 0 unspecified atom stereocenters. The second-order valence-electron chi connectivity index (χ2n) is 6.73. The van der Waals surface area contributed by atoms with Crippen LogP contribution < -0.4 is 10.5 Å². The highest BCUT2D eigenvalue weighted by atomic mass is 35.5. The Morgan fingerprint density at radius 3 is 2.84 bits per heavy atom. The number of carbonyl (C=O) groups is 2. The van der Waals surface area contributed by atoms with Crippen LogP contribution in [0.4, 0.5) is 5.69 Å². The molecular weight excluding hydrogens is 424 g/mol. The summed E-state index contributed by atoms with van der Waals surface area (Å²) in [4.78, 5) is 42.8. The summed E-state index contributed by atoms with van der Waals surface area (Å²) in [5.74, 6) is -1.27. The van der Waals surface area contributed by atoms with Crippen molar-refractivity contribution in [3.05, 3.63) is 51.7 Å². The van der Waals surface area contributed by atoms with Gasteiger partial charge in [0.15, 0.2) is 12.3 Å². The van der Waals surface area contributed by atoms with Crippen LogP contribution in [0.25, 0.3) is 11.0 Å². The fourth-order valence-corrected chi connectivity index (χ4v) is 3.06. The van der Waals surface area contributed by atoms with Crippen LogP contribution in [0.1, 0.15) is 12.0 Å². The molecule has 0 saturated heterocycles. The topological polar surface area (TPSA) is 123 Å². The molecule has 10 nitrogen and oxygen atoms in total. The maximum Gasteiger partial charge on any atom is 0.326 e. The number of benzene rings is 1. The fourth-order valence-electron chi connectivity index (χ4n) is 2.94. The predicted octanol–water partition coefficient (Wildman–Crippen LogP) is 1.58. The van der Waals surface area contributed by atoms with E-state index in [0.29, 0.717) is 16.4 Å². The summed E-state index contributed by atoms with van der Waals surface area (Å²) in [6.45, 7) is 0.990. The molecule has 2 aromatic heterocycles. The molecule has 1 amide bonds. The minimum Gasteiger partial charge on any atom is -0.454 e. The highest BCUT2D eigenvalue weighted by Gasteiger charge is 2.19. The van der Waals surface area contributed by atoms with Crippen molar-refractivity contribution in [1.29, 1.82) is 5.26 Å². The Balaban J connectivity index is 1.68. The fraction of sp³-hybridized carbons (Fsp3) is 0.300. The number of halogens is 1. The summed E-state index contributed by atoms with van der Waals surface area (Å²) in [6.07, 6.45) is 2.70. The molecule has 0 atom stereocenters. The van der Waals surface area contributed by atoms with Gasteiger partial charge < -0.3 is 9.64 Å². The summed E-state index contributed by atoms with van der Waals surface area (Å²) in [5, 5.41) is 13.7. The van der Waals surface area contributed by atoms with E-state index in [0.717, 1.165) is 10.1 Å². The molecule has 0 aliphatic carbocycles. The van der Waals surface area contributed by atoms with Crippen LogP contribution >= 0.6 is 11.6 Å². The zero-order valence-corrected chi connectivity index (χ0v) is 17.7. The number of nitrogens with zero attached hydrogens (tertiary/aromatic N) is 6. The number of aromatic nitrogens is 4. The number of ether oxygens (including phenoxy) is 1. The van der Waals surface area contributed by atoms with Crippen molar-refractivity contribution in [2.45, 2.75) is 19.9 Å². The third-order valence-corrected chi connectivity index (χ3v) is 5.00. The predicted molar refractivity (Wildman–Crippen MR) is 113 cm³/mol. The van der Waals surface area contributed by atoms with Gasteiger partial charge >= 0.3 is 5.97 Å². The van der Waals surface area contributed by atoms with Crippen LogP contribution in [0.15, 0.2) is 35.5 Å². The van der Waals surface area contributed by atoms with Gasteiger partial charge in [0.1, 0.15) is 18.3 Å². The zero-order chi connectivity index (χ0) is 22.5. The van der Waals surface area contributed by atoms with E-state index in [1.807, 2.05) is 6.07 Å². The Labute approximate surface area is 182 Å². The van der Waals surface area contributed by atoms with Gasteiger partial charge in [-0.25, -0.2) is 4.98 Å². The molecule has 160 valence electrons. The average molecular weight is 443 g/mol. The number of rotatable bonds is 7. The number of carbonyl (C=O) groups excluding carboxylic acids is 2. The quantitative estimate of drug-likeness (QED) is 0.509. The molecule has 0 bridgehead atoms. The summed E-state index contributed by atoms with van der Waals surface area (Å²) < 4.78 is 7.61. The number of hydrogen-bond donors (Lipinski definition) is 0. The molecule has 2 heterocycles. The third kappa shape index (κ3) is 4.90. The van der Waals surface area contributed by atoms with Crippen LogP contribution in [0.3, 0.4) is 0 Å². The van der Waals surface area contributed by atoms with Crippen molar-refractivity contribution < 1.29 is 14.3 Å². The summed E-state index contributed by atoms with van der Waals surface area (Å²) in [6, 6.07) is 7.01. The van der Waals surface area contributed by atoms with Gasteiger partial charge in [-0.1, -0.05) is 11.6 Å². The standard InChI is InChI=1S/C20H19ClN6O4/c1-13-8-14(4-5-16(13)21)27(7-3-6-22)17(28)11-31-18(29)10-26-12-23-19-15(20(26)30)9-24-25(19)2/h4-5,8-9,12H,3,7,10-11H2,1-2H3. The number of amides is 1. The zero-order valence-electron chi connectivity index (χ0n) is 16.9. The molecular formula is C20H19ClN6O4. The Morgan fingerprint density at radius 2 is 2.13 bits per heavy atom. The molecule has 3 rings (SSSR count). The minimum absolute atomic E-state index is 0.105. The largest absolute Gasteiger partial charge is 0.454 e. The van der Waals surface area contributed by atoms with E-state index in [9.17, 15) is 14.4 Å². The second kappa shape index (κ2) is 9.40. The number of hydrogen-bond acceptors (Lipinski definition) is 7. The molecule has 11 heteroatoms. The van der Waals surface area contributed by atoms with E-state index < -0.39 is 30.6 Å². The van der Waals surface area contributed by atoms with Crippen LogP contribution in [-0.2, 0) is 27.9 Å². The van der Waals surface area contributed by atoms with E-state index in [1.54, 1.807) is 32.2 Å². The molecule has 31 heavy (non-hydrogen) atoms. The Bertz CT molecular complexity index is 1240. The van der Waals surface area contributed by atoms with E-state index >= 15 is 0 Å². The number of nitriles is 1. The van der Waals surface area contributed by atoms with Crippen molar-refractivity contribution in [3.8, 4) is 6.07 Å². The van der Waals surface area contributed by atoms with Gasteiger partial charge in [-0.15, -0.1) is 0 Å². The summed E-state index contributed by atoms with van der Waals surface area (Å²) in [5.41, 5.74) is 1.27. The van der Waals surface area contributed by atoms with Crippen molar-refractivity contribution in [3.63, 3.8) is 0 Å². The third-order valence-electron chi connectivity index (χ3n) is 4.58. The first-order valence-electron chi connectivity index (χ1n) is 9.28. The molecule has 3 aromatic rings. The van der Waals surface area contributed by atoms with Gasteiger partial charge in [-0.3, -0.25) is 23.6 Å². The molecule has 0 fully saturated rings.